The van der Waals surface area contributed by atoms with Crippen molar-refractivity contribution in [3.8, 4) is 0 Å². The zero-order valence-corrected chi connectivity index (χ0v) is 9.27. The van der Waals surface area contributed by atoms with Gasteiger partial charge in [-0.1, -0.05) is 0 Å². The normalized spacial score (nSPS) is 13.1. The molecular weight excluding hydrogens is 240 g/mol. The van der Waals surface area contributed by atoms with Gasteiger partial charge in [-0.15, -0.1) is 0 Å². The van der Waals surface area contributed by atoms with Gasteiger partial charge in [0.05, 0.1) is 5.75 Å². The maximum atomic E-state index is 11.1. The van der Waals surface area contributed by atoms with Crippen molar-refractivity contribution in [2.75, 3.05) is 12.3 Å². The van der Waals surface area contributed by atoms with E-state index in [4.69, 9.17) is 16.6 Å². The van der Waals surface area contributed by atoms with E-state index in [1.807, 2.05) is 0 Å². The molecule has 94 valence electrons. The second kappa shape index (κ2) is 6.40. The minimum Gasteiger partial charge on any atom is -0.481 e. The molecule has 0 aliphatic carbocycles. The van der Waals surface area contributed by atoms with Crippen molar-refractivity contribution in [1.82, 2.24) is 0 Å². The first-order chi connectivity index (χ1) is 7.28. The minimum atomic E-state index is -4.02. The summed E-state index contributed by atoms with van der Waals surface area (Å²) in [6, 6.07) is -1.27. The molecule has 0 unspecified atom stereocenters. The number of aliphatic carboxylic acids is 1. The molecule has 0 aliphatic rings. The maximum absolute atomic E-state index is 11.1. The first-order valence-electron chi connectivity index (χ1n) is 4.42. The van der Waals surface area contributed by atoms with Crippen LogP contribution < -0.4 is 11.5 Å². The molecule has 8 nitrogen and oxygen atoms in total. The summed E-state index contributed by atoms with van der Waals surface area (Å²) in [5.74, 6) is -2.80. The summed E-state index contributed by atoms with van der Waals surface area (Å²) in [6.45, 7) is -0.181. The molecule has 0 fully saturated rings. The van der Waals surface area contributed by atoms with Crippen LogP contribution in [-0.4, -0.2) is 43.8 Å². The van der Waals surface area contributed by atoms with E-state index in [9.17, 15) is 18.0 Å². The lowest BCUT2D eigenvalue weighted by atomic mass is 10.2. The first-order valence-corrected chi connectivity index (χ1v) is 5.99. The monoisotopic (exact) mass is 254 g/mol. The van der Waals surface area contributed by atoms with Crippen LogP contribution in [0.1, 0.15) is 12.8 Å². The Bertz CT molecular complexity index is 352. The van der Waals surface area contributed by atoms with Gasteiger partial charge in [-0.2, -0.15) is 8.42 Å². The number of carboxylic acids is 1. The molecule has 0 heterocycles. The average Bonchev–Trinajstić information content (AvgIpc) is 2.12. The topological polar surface area (TPSA) is 150 Å². The quantitative estimate of drug-likeness (QED) is 0.442. The highest BCUT2D eigenvalue weighted by Crippen LogP contribution is 2.01. The Morgan fingerprint density at radius 1 is 1.38 bits per heavy atom. The van der Waals surface area contributed by atoms with Crippen LogP contribution in [0.5, 0.6) is 0 Å². The van der Waals surface area contributed by atoms with Crippen molar-refractivity contribution >= 4 is 22.1 Å². The van der Waals surface area contributed by atoms with Crippen LogP contribution in [-0.2, 0) is 23.9 Å². The molecule has 0 aromatic heterocycles. The summed E-state index contributed by atoms with van der Waals surface area (Å²) < 4.78 is 26.1. The molecule has 0 saturated carbocycles. The summed E-state index contributed by atoms with van der Waals surface area (Å²) in [5.41, 5.74) is 10.2. The largest absolute Gasteiger partial charge is 0.481 e. The van der Waals surface area contributed by atoms with E-state index >= 15 is 0 Å². The summed E-state index contributed by atoms with van der Waals surface area (Å²) >= 11 is 0. The number of rotatable bonds is 7. The van der Waals surface area contributed by atoms with Crippen LogP contribution in [0, 0.1) is 0 Å². The highest BCUT2D eigenvalue weighted by Gasteiger charge is 2.22. The highest BCUT2D eigenvalue weighted by molar-refractivity contribution is 7.87. The molecule has 9 heteroatoms. The molecule has 0 aliphatic heterocycles. The molecule has 0 saturated heterocycles. The summed E-state index contributed by atoms with van der Waals surface area (Å²) in [7, 11) is -4.02. The standard InChI is InChI=1S/C7H14N2O6S/c8-3-4-16(13,14)15-7(12)5(9)1-2-6(10)11/h5H,1-4,8-9H2,(H,10,11)/t5-/m0/s1. The van der Waals surface area contributed by atoms with E-state index in [1.54, 1.807) is 0 Å². The van der Waals surface area contributed by atoms with Gasteiger partial charge in [0.2, 0.25) is 0 Å². The molecule has 0 amide bonds. The van der Waals surface area contributed by atoms with Crippen LogP contribution in [0.4, 0.5) is 0 Å². The van der Waals surface area contributed by atoms with Crippen molar-refractivity contribution in [3.05, 3.63) is 0 Å². The van der Waals surface area contributed by atoms with Crippen molar-refractivity contribution in [2.45, 2.75) is 18.9 Å². The van der Waals surface area contributed by atoms with E-state index < -0.39 is 33.9 Å². The van der Waals surface area contributed by atoms with Gasteiger partial charge in [0.15, 0.2) is 0 Å². The van der Waals surface area contributed by atoms with E-state index in [1.165, 1.54) is 0 Å². The zero-order chi connectivity index (χ0) is 12.8. The fraction of sp³-hybridized carbons (Fsp3) is 0.714. The van der Waals surface area contributed by atoms with E-state index in [0.29, 0.717) is 0 Å². The van der Waals surface area contributed by atoms with E-state index in [2.05, 4.69) is 4.18 Å². The molecule has 0 radical (unpaired) electrons. The fourth-order valence-corrected chi connectivity index (χ4v) is 1.52. The van der Waals surface area contributed by atoms with Gasteiger partial charge < -0.3 is 20.8 Å². The third kappa shape index (κ3) is 6.32. The van der Waals surface area contributed by atoms with Gasteiger partial charge >= 0.3 is 22.1 Å². The lowest BCUT2D eigenvalue weighted by Gasteiger charge is -2.09. The molecular formula is C7H14N2O6S. The van der Waals surface area contributed by atoms with Crippen LogP contribution >= 0.6 is 0 Å². The Morgan fingerprint density at radius 3 is 2.38 bits per heavy atom. The molecule has 1 atom stereocenters. The SMILES string of the molecule is NCCS(=O)(=O)OC(=O)[C@@H](N)CCC(=O)O. The summed E-state index contributed by atoms with van der Waals surface area (Å²) in [6.07, 6.45) is -0.528. The minimum absolute atomic E-state index is 0.181. The van der Waals surface area contributed by atoms with E-state index in [0.717, 1.165) is 0 Å². The predicted octanol–water partition coefficient (Wildman–Crippen LogP) is -1.99. The zero-order valence-electron chi connectivity index (χ0n) is 8.46. The van der Waals surface area contributed by atoms with Gasteiger partial charge in [0.25, 0.3) is 0 Å². The Balaban J connectivity index is 4.20. The Morgan fingerprint density at radius 2 is 1.94 bits per heavy atom. The fourth-order valence-electron chi connectivity index (χ4n) is 0.770. The predicted molar refractivity (Wildman–Crippen MR) is 53.8 cm³/mol. The smallest absolute Gasteiger partial charge is 0.338 e. The van der Waals surface area contributed by atoms with Gasteiger partial charge in [-0.3, -0.25) is 4.79 Å². The number of nitrogens with two attached hydrogens (primary N) is 2. The van der Waals surface area contributed by atoms with Gasteiger partial charge in [-0.05, 0) is 6.42 Å². The van der Waals surface area contributed by atoms with Gasteiger partial charge in [0, 0.05) is 13.0 Å². The van der Waals surface area contributed by atoms with Crippen molar-refractivity contribution in [3.63, 3.8) is 0 Å². The lowest BCUT2D eigenvalue weighted by Crippen LogP contribution is -2.35. The maximum Gasteiger partial charge on any atom is 0.338 e. The van der Waals surface area contributed by atoms with Crippen LogP contribution in [0.3, 0.4) is 0 Å². The van der Waals surface area contributed by atoms with Crippen LogP contribution in [0.25, 0.3) is 0 Å². The second-order valence-corrected chi connectivity index (χ2v) is 4.68. The van der Waals surface area contributed by atoms with Crippen molar-refractivity contribution in [2.24, 2.45) is 11.5 Å². The molecule has 0 rings (SSSR count). The number of carboxylic acid groups (broad SMARTS) is 1. The molecule has 5 N–H and O–H groups in total. The third-order valence-corrected chi connectivity index (χ3v) is 2.70. The highest BCUT2D eigenvalue weighted by atomic mass is 32.2. The van der Waals surface area contributed by atoms with E-state index in [-0.39, 0.29) is 19.4 Å². The Kier molecular flexibility index (Phi) is 5.93. The average molecular weight is 254 g/mol. The Hall–Kier alpha value is -1.19. The van der Waals surface area contributed by atoms with Crippen molar-refractivity contribution in [1.29, 1.82) is 0 Å². The number of hydrogen-bond acceptors (Lipinski definition) is 7. The molecule has 0 aromatic carbocycles. The number of hydrogen-bond donors (Lipinski definition) is 3. The molecule has 16 heavy (non-hydrogen) atoms. The molecule has 0 aromatic rings. The second-order valence-electron chi connectivity index (χ2n) is 2.99. The van der Waals surface area contributed by atoms with Crippen molar-refractivity contribution < 1.29 is 27.3 Å². The molecule has 0 spiro atoms. The first kappa shape index (κ1) is 14.8. The number of carbonyl (C=O) groups is 2. The number of carbonyl (C=O) groups excluding carboxylic acids is 1. The summed E-state index contributed by atoms with van der Waals surface area (Å²) in [4.78, 5) is 21.3. The van der Waals surface area contributed by atoms with Crippen LogP contribution in [0.15, 0.2) is 0 Å². The lowest BCUT2D eigenvalue weighted by molar-refractivity contribution is -0.138. The third-order valence-electron chi connectivity index (χ3n) is 1.55. The van der Waals surface area contributed by atoms with Crippen LogP contribution in [0.2, 0.25) is 0 Å². The van der Waals surface area contributed by atoms with Gasteiger partial charge in [0.1, 0.15) is 6.04 Å². The van der Waals surface area contributed by atoms with Gasteiger partial charge in [-0.25, -0.2) is 4.79 Å². The Labute approximate surface area is 92.7 Å². The molecule has 0 bridgehead atoms. The summed E-state index contributed by atoms with van der Waals surface area (Å²) in [5, 5.41) is 8.32.